The lowest BCUT2D eigenvalue weighted by atomic mass is 10.2. The van der Waals surface area contributed by atoms with Gasteiger partial charge in [-0.2, -0.15) is 5.10 Å². The number of halogens is 2. The Morgan fingerprint density at radius 3 is 2.83 bits per heavy atom. The molecule has 1 atom stereocenters. The molecule has 10 heteroatoms. The first-order chi connectivity index (χ1) is 14.1. The van der Waals surface area contributed by atoms with Gasteiger partial charge in [-0.15, -0.1) is 0 Å². The molecular formula is C20H23F2N5O3. The van der Waals surface area contributed by atoms with E-state index in [1.54, 1.807) is 36.9 Å². The number of ether oxygens (including phenoxy) is 1. The van der Waals surface area contributed by atoms with Crippen LogP contribution in [-0.2, 0) is 6.54 Å². The second kappa shape index (κ2) is 8.70. The van der Waals surface area contributed by atoms with Crippen molar-refractivity contribution in [3.63, 3.8) is 0 Å². The van der Waals surface area contributed by atoms with Crippen LogP contribution in [0.15, 0.2) is 30.7 Å². The second-order valence-corrected chi connectivity index (χ2v) is 7.30. The maximum atomic E-state index is 13.0. The van der Waals surface area contributed by atoms with Crippen LogP contribution in [0.3, 0.4) is 0 Å². The molecule has 3 heterocycles. The maximum absolute atomic E-state index is 13.0. The van der Waals surface area contributed by atoms with Crippen molar-refractivity contribution < 1.29 is 23.4 Å². The van der Waals surface area contributed by atoms with Gasteiger partial charge in [-0.3, -0.25) is 14.5 Å². The number of nitrogens with one attached hydrogen (secondary N) is 1. The molecule has 0 saturated carbocycles. The van der Waals surface area contributed by atoms with Crippen LogP contribution in [0.25, 0.3) is 10.9 Å². The predicted molar refractivity (Wildman–Crippen MR) is 106 cm³/mol. The van der Waals surface area contributed by atoms with E-state index in [0.29, 0.717) is 23.0 Å². The van der Waals surface area contributed by atoms with Crippen molar-refractivity contribution in [2.45, 2.75) is 39.3 Å². The summed E-state index contributed by atoms with van der Waals surface area (Å²) < 4.78 is 32.7. The van der Waals surface area contributed by atoms with Crippen LogP contribution >= 0.6 is 0 Å². The van der Waals surface area contributed by atoms with E-state index in [0.717, 1.165) is 12.5 Å². The van der Waals surface area contributed by atoms with Crippen molar-refractivity contribution in [1.82, 2.24) is 25.1 Å². The van der Waals surface area contributed by atoms with E-state index >= 15 is 0 Å². The van der Waals surface area contributed by atoms with Gasteiger partial charge in [0.2, 0.25) is 5.88 Å². The zero-order valence-electron chi connectivity index (χ0n) is 16.9. The Morgan fingerprint density at radius 2 is 2.17 bits per heavy atom. The van der Waals surface area contributed by atoms with E-state index in [1.807, 2.05) is 0 Å². The van der Waals surface area contributed by atoms with Gasteiger partial charge in [-0.1, -0.05) is 0 Å². The lowest BCUT2D eigenvalue weighted by Gasteiger charge is -2.13. The fourth-order valence-electron chi connectivity index (χ4n) is 2.82. The minimum Gasteiger partial charge on any atom is -0.471 e. The smallest absolute Gasteiger partial charge is 0.278 e. The van der Waals surface area contributed by atoms with E-state index in [2.05, 4.69) is 20.4 Å². The summed E-state index contributed by atoms with van der Waals surface area (Å²) in [5.41, 5.74) is 2.25. The lowest BCUT2D eigenvalue weighted by Crippen LogP contribution is -2.31. The van der Waals surface area contributed by atoms with Crippen LogP contribution in [0.4, 0.5) is 8.78 Å². The van der Waals surface area contributed by atoms with E-state index in [9.17, 15) is 18.7 Å². The van der Waals surface area contributed by atoms with Gasteiger partial charge in [0.25, 0.3) is 11.8 Å². The van der Waals surface area contributed by atoms with Gasteiger partial charge in [0, 0.05) is 37.6 Å². The highest BCUT2D eigenvalue weighted by atomic mass is 19.3. The number of hydrogen-bond acceptors (Lipinski definition) is 6. The third-order valence-corrected chi connectivity index (χ3v) is 4.15. The SMILES string of the molecule is Cc1cc(Cn2cc3c(C(=O)NC[C@H](C)O)nccc3n2)cnc1OCC(C)(F)F. The van der Waals surface area contributed by atoms with Gasteiger partial charge >= 0.3 is 0 Å². The average Bonchev–Trinajstić information content (AvgIpc) is 3.07. The van der Waals surface area contributed by atoms with E-state index < -0.39 is 24.5 Å². The van der Waals surface area contributed by atoms with E-state index in [1.165, 1.54) is 12.4 Å². The van der Waals surface area contributed by atoms with Gasteiger partial charge < -0.3 is 15.2 Å². The number of hydrogen-bond donors (Lipinski definition) is 2. The monoisotopic (exact) mass is 419 g/mol. The highest BCUT2D eigenvalue weighted by Crippen LogP contribution is 2.21. The molecule has 1 amide bonds. The zero-order chi connectivity index (χ0) is 21.9. The Bertz CT molecular complexity index is 1050. The summed E-state index contributed by atoms with van der Waals surface area (Å²) >= 11 is 0. The van der Waals surface area contributed by atoms with Crippen molar-refractivity contribution in [2.75, 3.05) is 13.2 Å². The molecule has 0 fully saturated rings. The summed E-state index contributed by atoms with van der Waals surface area (Å²) in [5, 5.41) is 17.0. The van der Waals surface area contributed by atoms with Gasteiger partial charge in [0.15, 0.2) is 6.61 Å². The number of nitrogens with zero attached hydrogens (tertiary/aromatic N) is 4. The largest absolute Gasteiger partial charge is 0.471 e. The number of pyridine rings is 2. The Morgan fingerprint density at radius 1 is 1.40 bits per heavy atom. The minimum absolute atomic E-state index is 0.119. The first-order valence-electron chi connectivity index (χ1n) is 9.37. The highest BCUT2D eigenvalue weighted by molar-refractivity contribution is 6.04. The van der Waals surface area contributed by atoms with Gasteiger partial charge in [-0.05, 0) is 31.5 Å². The molecule has 0 bridgehead atoms. The van der Waals surface area contributed by atoms with Crippen molar-refractivity contribution in [1.29, 1.82) is 0 Å². The number of fused-ring (bicyclic) bond motifs is 1. The molecule has 3 rings (SSSR count). The Hall–Kier alpha value is -3.14. The van der Waals surface area contributed by atoms with Crippen molar-refractivity contribution in [2.24, 2.45) is 0 Å². The number of rotatable bonds is 8. The van der Waals surface area contributed by atoms with Crippen molar-refractivity contribution in [3.05, 3.63) is 47.5 Å². The van der Waals surface area contributed by atoms with Gasteiger partial charge in [0.1, 0.15) is 5.69 Å². The molecule has 0 spiro atoms. The molecule has 0 aliphatic heterocycles. The molecular weight excluding hydrogens is 396 g/mol. The van der Waals surface area contributed by atoms with Crippen LogP contribution < -0.4 is 10.1 Å². The number of alkyl halides is 2. The molecule has 0 unspecified atom stereocenters. The maximum Gasteiger partial charge on any atom is 0.278 e. The molecule has 3 aromatic heterocycles. The Labute approximate surface area is 171 Å². The minimum atomic E-state index is -2.94. The average molecular weight is 419 g/mol. The van der Waals surface area contributed by atoms with Crippen LogP contribution in [0, 0.1) is 6.92 Å². The standard InChI is InChI=1S/C20H23F2N5O3/c1-12-6-14(8-25-19(12)30-11-20(3,21)22)9-27-10-15-16(26-27)4-5-23-17(15)18(29)24-7-13(2)28/h4-6,8,10,13,28H,7,9,11H2,1-3H3,(H,24,29)/t13-/m0/s1. The predicted octanol–water partition coefficient (Wildman–Crippen LogP) is 2.33. The third-order valence-electron chi connectivity index (χ3n) is 4.15. The number of carbonyl (C=O) groups excluding carboxylic acids is 1. The first kappa shape index (κ1) is 21.6. The Kier molecular flexibility index (Phi) is 6.25. The molecule has 3 aromatic rings. The third kappa shape index (κ3) is 5.47. The van der Waals surface area contributed by atoms with E-state index in [4.69, 9.17) is 4.74 Å². The molecule has 0 aliphatic carbocycles. The summed E-state index contributed by atoms with van der Waals surface area (Å²) in [7, 11) is 0. The summed E-state index contributed by atoms with van der Waals surface area (Å²) in [5.74, 6) is -3.17. The number of aromatic nitrogens is 4. The summed E-state index contributed by atoms with van der Waals surface area (Å²) in [6.07, 6.45) is 4.08. The summed E-state index contributed by atoms with van der Waals surface area (Å²) in [4.78, 5) is 20.6. The molecule has 8 nitrogen and oxygen atoms in total. The molecule has 30 heavy (non-hydrogen) atoms. The fraction of sp³-hybridized carbons (Fsp3) is 0.400. The number of aryl methyl sites for hydroxylation is 1. The van der Waals surface area contributed by atoms with Crippen molar-refractivity contribution in [3.8, 4) is 5.88 Å². The zero-order valence-corrected chi connectivity index (χ0v) is 16.9. The fourth-order valence-corrected chi connectivity index (χ4v) is 2.82. The second-order valence-electron chi connectivity index (χ2n) is 7.30. The normalized spacial score (nSPS) is 12.7. The van der Waals surface area contributed by atoms with E-state index in [-0.39, 0.29) is 18.1 Å². The van der Waals surface area contributed by atoms with Crippen LogP contribution in [0.5, 0.6) is 5.88 Å². The van der Waals surface area contributed by atoms with Crippen LogP contribution in [-0.4, -0.2) is 55.9 Å². The first-order valence-corrected chi connectivity index (χ1v) is 9.37. The van der Waals surface area contributed by atoms with Crippen LogP contribution in [0.1, 0.15) is 35.5 Å². The molecule has 2 N–H and O–H groups in total. The molecule has 0 radical (unpaired) electrons. The quantitative estimate of drug-likeness (QED) is 0.581. The number of carbonyl (C=O) groups is 1. The van der Waals surface area contributed by atoms with Gasteiger partial charge in [-0.25, -0.2) is 13.8 Å². The number of amides is 1. The highest BCUT2D eigenvalue weighted by Gasteiger charge is 2.23. The molecule has 160 valence electrons. The lowest BCUT2D eigenvalue weighted by molar-refractivity contribution is -0.0244. The molecule has 0 aliphatic rings. The number of aliphatic hydroxyl groups is 1. The molecule has 0 aromatic carbocycles. The van der Waals surface area contributed by atoms with Crippen LogP contribution in [0.2, 0.25) is 0 Å². The summed E-state index contributed by atoms with van der Waals surface area (Å²) in [6, 6.07) is 3.49. The molecule has 0 saturated heterocycles. The van der Waals surface area contributed by atoms with Crippen molar-refractivity contribution >= 4 is 16.8 Å². The van der Waals surface area contributed by atoms with Gasteiger partial charge in [0.05, 0.1) is 23.6 Å². The topological polar surface area (TPSA) is 102 Å². The Balaban J connectivity index is 1.77. The number of aliphatic hydroxyl groups excluding tert-OH is 1. The summed E-state index contributed by atoms with van der Waals surface area (Å²) in [6.45, 7) is 3.83.